The molecule has 0 radical (unpaired) electrons. The molecule has 0 atom stereocenters. The second-order valence-corrected chi connectivity index (χ2v) is 9.35. The van der Waals surface area contributed by atoms with Crippen molar-refractivity contribution in [2.24, 2.45) is 0 Å². The summed E-state index contributed by atoms with van der Waals surface area (Å²) in [6, 6.07) is 21.2. The molecule has 32 heavy (non-hydrogen) atoms. The van der Waals surface area contributed by atoms with Crippen molar-refractivity contribution in [3.05, 3.63) is 89.5 Å². The number of benzene rings is 3. The van der Waals surface area contributed by atoms with Gasteiger partial charge in [0, 0.05) is 6.54 Å². The first-order chi connectivity index (χ1) is 15.3. The van der Waals surface area contributed by atoms with E-state index in [1.807, 2.05) is 45.0 Å². The number of carbonyl (C=O) groups is 1. The lowest BCUT2D eigenvalue weighted by Crippen LogP contribution is -2.40. The van der Waals surface area contributed by atoms with Crippen molar-refractivity contribution >= 4 is 21.6 Å². The van der Waals surface area contributed by atoms with E-state index in [4.69, 9.17) is 4.74 Å². The summed E-state index contributed by atoms with van der Waals surface area (Å²) >= 11 is 0. The zero-order valence-corrected chi connectivity index (χ0v) is 19.4. The maximum atomic E-state index is 13.5. The van der Waals surface area contributed by atoms with Crippen LogP contribution >= 0.6 is 0 Å². The van der Waals surface area contributed by atoms with Crippen molar-refractivity contribution in [2.45, 2.75) is 32.2 Å². The van der Waals surface area contributed by atoms with Crippen LogP contribution in [0.25, 0.3) is 0 Å². The molecule has 0 bridgehead atoms. The summed E-state index contributed by atoms with van der Waals surface area (Å²) in [7, 11) is -4.00. The van der Waals surface area contributed by atoms with Gasteiger partial charge in [0.25, 0.3) is 10.0 Å². The molecule has 0 aromatic heterocycles. The highest BCUT2D eigenvalue weighted by Gasteiger charge is 2.29. The molecular formula is C25H28N2O4S. The molecule has 1 amide bonds. The second-order valence-electron chi connectivity index (χ2n) is 7.49. The van der Waals surface area contributed by atoms with Gasteiger partial charge < -0.3 is 10.1 Å². The van der Waals surface area contributed by atoms with Crippen LogP contribution in [0.3, 0.4) is 0 Å². The van der Waals surface area contributed by atoms with Crippen LogP contribution < -0.4 is 14.4 Å². The maximum Gasteiger partial charge on any atom is 0.264 e. The van der Waals surface area contributed by atoms with Gasteiger partial charge in [0.2, 0.25) is 5.91 Å². The van der Waals surface area contributed by atoms with Gasteiger partial charge in [-0.2, -0.15) is 0 Å². The molecule has 3 rings (SSSR count). The number of anilines is 1. The molecule has 0 fully saturated rings. The second kappa shape index (κ2) is 10.3. The number of sulfonamides is 1. The average Bonchev–Trinajstić information content (AvgIpc) is 2.77. The van der Waals surface area contributed by atoms with Crippen molar-refractivity contribution in [1.82, 2.24) is 5.32 Å². The Labute approximate surface area is 189 Å². The number of ether oxygens (including phenoxy) is 1. The van der Waals surface area contributed by atoms with E-state index >= 15 is 0 Å². The fraction of sp³-hybridized carbons (Fsp3) is 0.240. The molecule has 3 aromatic carbocycles. The molecule has 0 aliphatic carbocycles. The predicted molar refractivity (Wildman–Crippen MR) is 126 cm³/mol. The van der Waals surface area contributed by atoms with Crippen molar-refractivity contribution in [3.8, 4) is 5.75 Å². The van der Waals surface area contributed by atoms with Gasteiger partial charge in [-0.1, -0.05) is 59.7 Å². The first-order valence-electron chi connectivity index (χ1n) is 10.4. The first kappa shape index (κ1) is 23.3. The number of nitrogens with one attached hydrogen (secondary N) is 1. The summed E-state index contributed by atoms with van der Waals surface area (Å²) in [5.74, 6) is -0.00864. The highest BCUT2D eigenvalue weighted by atomic mass is 32.2. The summed E-state index contributed by atoms with van der Waals surface area (Å²) in [5, 5.41) is 2.82. The fourth-order valence-electron chi connectivity index (χ4n) is 3.29. The molecule has 0 saturated heterocycles. The zero-order chi connectivity index (χ0) is 23.1. The number of amides is 1. The molecule has 0 spiro atoms. The van der Waals surface area contributed by atoms with Crippen LogP contribution in [0.15, 0.2) is 77.7 Å². The van der Waals surface area contributed by atoms with Crippen molar-refractivity contribution in [1.29, 1.82) is 0 Å². The van der Waals surface area contributed by atoms with E-state index in [2.05, 4.69) is 5.32 Å². The Morgan fingerprint density at radius 3 is 2.34 bits per heavy atom. The Morgan fingerprint density at radius 2 is 1.66 bits per heavy atom. The minimum Gasteiger partial charge on any atom is -0.492 e. The van der Waals surface area contributed by atoms with Crippen molar-refractivity contribution in [2.75, 3.05) is 17.5 Å². The monoisotopic (exact) mass is 452 g/mol. The van der Waals surface area contributed by atoms with Crippen molar-refractivity contribution in [3.63, 3.8) is 0 Å². The third-order valence-corrected chi connectivity index (χ3v) is 6.68. The van der Waals surface area contributed by atoms with Gasteiger partial charge >= 0.3 is 0 Å². The number of hydrogen-bond acceptors (Lipinski definition) is 4. The molecule has 0 saturated carbocycles. The normalized spacial score (nSPS) is 11.1. The smallest absolute Gasteiger partial charge is 0.264 e. The van der Waals surface area contributed by atoms with Crippen LogP contribution in [0.5, 0.6) is 5.75 Å². The third kappa shape index (κ3) is 5.68. The van der Waals surface area contributed by atoms with Crippen LogP contribution in [0, 0.1) is 13.8 Å². The highest BCUT2D eigenvalue weighted by Crippen LogP contribution is 2.32. The molecule has 0 heterocycles. The number of nitrogens with zero attached hydrogens (tertiary/aromatic N) is 1. The Kier molecular flexibility index (Phi) is 7.53. The van der Waals surface area contributed by atoms with Crippen LogP contribution in [0.1, 0.15) is 23.6 Å². The summed E-state index contributed by atoms with van der Waals surface area (Å²) in [4.78, 5) is 12.9. The first-order valence-corrected chi connectivity index (χ1v) is 11.9. The van der Waals surface area contributed by atoms with E-state index in [1.54, 1.807) is 48.5 Å². The SMILES string of the molecule is CCOc1ccccc1N(CC(=O)NCc1cccc(C)c1)S(=O)(=O)c1ccc(C)cc1. The summed E-state index contributed by atoms with van der Waals surface area (Å²) in [6.45, 7) is 6.00. The Hall–Kier alpha value is -3.32. The number of aryl methyl sites for hydroxylation is 2. The maximum absolute atomic E-state index is 13.5. The lowest BCUT2D eigenvalue weighted by molar-refractivity contribution is -0.119. The molecule has 7 heteroatoms. The van der Waals surface area contributed by atoms with Gasteiger partial charge in [-0.05, 0) is 50.6 Å². The summed E-state index contributed by atoms with van der Waals surface area (Å²) in [5.41, 5.74) is 3.30. The Bertz CT molecular complexity index is 1170. The Balaban J connectivity index is 1.92. The van der Waals surface area contributed by atoms with Gasteiger partial charge in [0.05, 0.1) is 17.2 Å². The van der Waals surface area contributed by atoms with E-state index in [0.717, 1.165) is 21.0 Å². The van der Waals surface area contributed by atoms with Gasteiger partial charge in [-0.3, -0.25) is 9.10 Å². The molecular weight excluding hydrogens is 424 g/mol. The van der Waals surface area contributed by atoms with E-state index in [9.17, 15) is 13.2 Å². The lowest BCUT2D eigenvalue weighted by atomic mass is 10.1. The quantitative estimate of drug-likeness (QED) is 0.528. The number of para-hydroxylation sites is 2. The van der Waals surface area contributed by atoms with E-state index < -0.39 is 15.9 Å². The Morgan fingerprint density at radius 1 is 0.938 bits per heavy atom. The van der Waals surface area contributed by atoms with Crippen LogP contribution in [0.2, 0.25) is 0 Å². The van der Waals surface area contributed by atoms with E-state index in [1.165, 1.54) is 0 Å². The molecule has 168 valence electrons. The fourth-order valence-corrected chi connectivity index (χ4v) is 4.72. The third-order valence-electron chi connectivity index (χ3n) is 4.90. The molecule has 0 aliphatic rings. The standard InChI is InChI=1S/C25H28N2O4S/c1-4-31-24-11-6-5-10-23(24)27(32(29,30)22-14-12-19(2)13-15-22)18-25(28)26-17-21-9-7-8-20(3)16-21/h5-16H,4,17-18H2,1-3H3,(H,26,28). The lowest BCUT2D eigenvalue weighted by Gasteiger charge is -2.26. The van der Waals surface area contributed by atoms with Crippen LogP contribution in [-0.2, 0) is 21.4 Å². The predicted octanol–water partition coefficient (Wildman–Crippen LogP) is 4.21. The molecule has 1 N–H and O–H groups in total. The van der Waals surface area contributed by atoms with Gasteiger partial charge in [0.1, 0.15) is 12.3 Å². The molecule has 3 aromatic rings. The number of hydrogen-bond donors (Lipinski definition) is 1. The summed E-state index contributed by atoms with van der Waals surface area (Å²) < 4.78 is 33.9. The minimum absolute atomic E-state index is 0.112. The van der Waals surface area contributed by atoms with Gasteiger partial charge in [-0.15, -0.1) is 0 Å². The topological polar surface area (TPSA) is 75.7 Å². The average molecular weight is 453 g/mol. The van der Waals surface area contributed by atoms with E-state index in [-0.39, 0.29) is 11.4 Å². The molecule has 0 aliphatic heterocycles. The minimum atomic E-state index is -4.00. The van der Waals surface area contributed by atoms with Gasteiger partial charge in [0.15, 0.2) is 0 Å². The summed E-state index contributed by atoms with van der Waals surface area (Å²) in [6.07, 6.45) is 0. The zero-order valence-electron chi connectivity index (χ0n) is 18.5. The highest BCUT2D eigenvalue weighted by molar-refractivity contribution is 7.92. The van der Waals surface area contributed by atoms with Crippen molar-refractivity contribution < 1.29 is 17.9 Å². The van der Waals surface area contributed by atoms with Gasteiger partial charge in [-0.25, -0.2) is 8.42 Å². The van der Waals surface area contributed by atoms with Crippen LogP contribution in [0.4, 0.5) is 5.69 Å². The van der Waals surface area contributed by atoms with Crippen LogP contribution in [-0.4, -0.2) is 27.5 Å². The number of rotatable bonds is 9. The largest absolute Gasteiger partial charge is 0.492 e. The number of carbonyl (C=O) groups excluding carboxylic acids is 1. The molecule has 6 nitrogen and oxygen atoms in total. The van der Waals surface area contributed by atoms with E-state index in [0.29, 0.717) is 24.6 Å². The molecule has 0 unspecified atom stereocenters.